The quantitative estimate of drug-likeness (QED) is 0.833. The van der Waals surface area contributed by atoms with Crippen molar-refractivity contribution in [2.75, 3.05) is 5.32 Å². The summed E-state index contributed by atoms with van der Waals surface area (Å²) in [5.41, 5.74) is 2.28. The molecule has 0 bridgehead atoms. The van der Waals surface area contributed by atoms with Gasteiger partial charge in [0.15, 0.2) is 0 Å². The number of nitrogens with one attached hydrogen (secondary N) is 1. The van der Waals surface area contributed by atoms with Gasteiger partial charge in [0.1, 0.15) is 5.82 Å². The van der Waals surface area contributed by atoms with Gasteiger partial charge in [-0.2, -0.15) is 0 Å². The van der Waals surface area contributed by atoms with Gasteiger partial charge in [-0.15, -0.1) is 0 Å². The number of unbranched alkanes of at least 4 members (excludes halogenated alkanes) is 1. The molecule has 1 unspecified atom stereocenters. The van der Waals surface area contributed by atoms with Gasteiger partial charge in [0.25, 0.3) is 0 Å². The van der Waals surface area contributed by atoms with Crippen molar-refractivity contribution in [3.05, 3.63) is 35.9 Å². The maximum absolute atomic E-state index is 4.71. The van der Waals surface area contributed by atoms with Gasteiger partial charge in [0, 0.05) is 11.4 Å². The van der Waals surface area contributed by atoms with Gasteiger partial charge in [0.05, 0.1) is 5.52 Å². The number of aryl methyl sites for hydroxylation is 1. The van der Waals surface area contributed by atoms with Crippen molar-refractivity contribution in [1.29, 1.82) is 0 Å². The average molecular weight is 242 g/mol. The summed E-state index contributed by atoms with van der Waals surface area (Å²) in [5, 5.41) is 4.74. The van der Waals surface area contributed by atoms with Gasteiger partial charge in [-0.3, -0.25) is 0 Å². The first-order valence-electron chi connectivity index (χ1n) is 6.83. The van der Waals surface area contributed by atoms with E-state index in [0.717, 1.165) is 11.3 Å². The Morgan fingerprint density at radius 1 is 1.28 bits per heavy atom. The molecule has 2 heteroatoms. The van der Waals surface area contributed by atoms with Crippen molar-refractivity contribution >= 4 is 16.7 Å². The summed E-state index contributed by atoms with van der Waals surface area (Å²) in [5.74, 6) is 1.03. The summed E-state index contributed by atoms with van der Waals surface area (Å²) >= 11 is 0. The summed E-state index contributed by atoms with van der Waals surface area (Å²) in [7, 11) is 0. The van der Waals surface area contributed by atoms with E-state index in [9.17, 15) is 0 Å². The van der Waals surface area contributed by atoms with Crippen LogP contribution in [0.3, 0.4) is 0 Å². The van der Waals surface area contributed by atoms with Crippen LogP contribution >= 0.6 is 0 Å². The molecule has 0 aliphatic rings. The third-order valence-electron chi connectivity index (χ3n) is 3.29. The molecule has 0 amide bonds. The van der Waals surface area contributed by atoms with Crippen molar-refractivity contribution in [2.24, 2.45) is 0 Å². The third kappa shape index (κ3) is 3.00. The second-order valence-corrected chi connectivity index (χ2v) is 5.03. The molecule has 1 aromatic heterocycles. The Bertz CT molecular complexity index is 519. The van der Waals surface area contributed by atoms with Gasteiger partial charge >= 0.3 is 0 Å². The minimum absolute atomic E-state index is 0.484. The molecule has 0 saturated carbocycles. The molecule has 1 aromatic carbocycles. The van der Waals surface area contributed by atoms with Crippen molar-refractivity contribution < 1.29 is 0 Å². The first kappa shape index (κ1) is 12.9. The maximum Gasteiger partial charge on any atom is 0.129 e. The zero-order valence-corrected chi connectivity index (χ0v) is 11.5. The topological polar surface area (TPSA) is 24.9 Å². The number of rotatable bonds is 5. The predicted molar refractivity (Wildman–Crippen MR) is 79.1 cm³/mol. The molecule has 0 saturated heterocycles. The molecule has 2 nitrogen and oxygen atoms in total. The van der Waals surface area contributed by atoms with E-state index >= 15 is 0 Å². The Balaban J connectivity index is 2.19. The minimum atomic E-state index is 0.484. The number of aromatic nitrogens is 1. The molecule has 0 fully saturated rings. The largest absolute Gasteiger partial charge is 0.367 e. The summed E-state index contributed by atoms with van der Waals surface area (Å²) in [6, 6.07) is 11.0. The van der Waals surface area contributed by atoms with Crippen LogP contribution in [0.2, 0.25) is 0 Å². The Morgan fingerprint density at radius 3 is 2.83 bits per heavy atom. The Morgan fingerprint density at radius 2 is 2.06 bits per heavy atom. The molecule has 1 atom stereocenters. The zero-order chi connectivity index (χ0) is 13.0. The van der Waals surface area contributed by atoms with Crippen LogP contribution in [0, 0.1) is 6.92 Å². The van der Waals surface area contributed by atoms with Gasteiger partial charge in [-0.1, -0.05) is 38.0 Å². The fourth-order valence-corrected chi connectivity index (χ4v) is 2.18. The fourth-order valence-electron chi connectivity index (χ4n) is 2.18. The Labute approximate surface area is 109 Å². The summed E-state index contributed by atoms with van der Waals surface area (Å²) in [4.78, 5) is 4.71. The molecule has 18 heavy (non-hydrogen) atoms. The van der Waals surface area contributed by atoms with Crippen LogP contribution in [0.1, 0.15) is 38.7 Å². The van der Waals surface area contributed by atoms with E-state index in [4.69, 9.17) is 4.98 Å². The van der Waals surface area contributed by atoms with E-state index in [-0.39, 0.29) is 0 Å². The molecule has 1 N–H and O–H groups in total. The number of nitrogens with zero attached hydrogens (tertiary/aromatic N) is 1. The molecule has 0 aliphatic carbocycles. The standard InChI is InChI=1S/C16H22N2/c1-4-5-8-13(3)17-16-12(2)11-14-9-6-7-10-15(14)18-16/h6-7,9-11,13H,4-5,8H2,1-3H3,(H,17,18). The second kappa shape index (κ2) is 5.85. The summed E-state index contributed by atoms with van der Waals surface area (Å²) < 4.78 is 0. The lowest BCUT2D eigenvalue weighted by atomic mass is 10.1. The fraction of sp³-hybridized carbons (Fsp3) is 0.438. The van der Waals surface area contributed by atoms with Crippen LogP contribution in [-0.4, -0.2) is 11.0 Å². The van der Waals surface area contributed by atoms with Crippen LogP contribution in [0.4, 0.5) is 5.82 Å². The number of para-hydroxylation sites is 1. The molecule has 0 aliphatic heterocycles. The normalized spacial score (nSPS) is 12.6. The highest BCUT2D eigenvalue weighted by atomic mass is 15.0. The molecule has 0 spiro atoms. The lowest BCUT2D eigenvalue weighted by molar-refractivity contribution is 0.643. The highest BCUT2D eigenvalue weighted by Crippen LogP contribution is 2.20. The van der Waals surface area contributed by atoms with Crippen molar-refractivity contribution in [3.63, 3.8) is 0 Å². The lowest BCUT2D eigenvalue weighted by Gasteiger charge is -2.16. The van der Waals surface area contributed by atoms with E-state index in [1.54, 1.807) is 0 Å². The second-order valence-electron chi connectivity index (χ2n) is 5.03. The molecule has 2 aromatic rings. The predicted octanol–water partition coefficient (Wildman–Crippen LogP) is 4.53. The molecular formula is C16H22N2. The van der Waals surface area contributed by atoms with Crippen LogP contribution in [0.5, 0.6) is 0 Å². The van der Waals surface area contributed by atoms with Crippen LogP contribution in [-0.2, 0) is 0 Å². The van der Waals surface area contributed by atoms with Crippen molar-refractivity contribution in [2.45, 2.75) is 46.1 Å². The van der Waals surface area contributed by atoms with Crippen LogP contribution < -0.4 is 5.32 Å². The minimum Gasteiger partial charge on any atom is -0.367 e. The van der Waals surface area contributed by atoms with E-state index in [1.165, 1.54) is 30.2 Å². The number of anilines is 1. The van der Waals surface area contributed by atoms with Gasteiger partial charge in [0.2, 0.25) is 0 Å². The highest BCUT2D eigenvalue weighted by Gasteiger charge is 2.06. The first-order valence-corrected chi connectivity index (χ1v) is 6.83. The van der Waals surface area contributed by atoms with E-state index in [0.29, 0.717) is 6.04 Å². The van der Waals surface area contributed by atoms with Crippen molar-refractivity contribution in [3.8, 4) is 0 Å². The third-order valence-corrected chi connectivity index (χ3v) is 3.29. The Kier molecular flexibility index (Phi) is 4.19. The molecular weight excluding hydrogens is 220 g/mol. The van der Waals surface area contributed by atoms with Gasteiger partial charge < -0.3 is 5.32 Å². The van der Waals surface area contributed by atoms with E-state index < -0.39 is 0 Å². The van der Waals surface area contributed by atoms with Crippen LogP contribution in [0.15, 0.2) is 30.3 Å². The van der Waals surface area contributed by atoms with E-state index in [1.807, 2.05) is 6.07 Å². The number of hydrogen-bond donors (Lipinski definition) is 1. The molecule has 96 valence electrons. The lowest BCUT2D eigenvalue weighted by Crippen LogP contribution is -2.16. The van der Waals surface area contributed by atoms with E-state index in [2.05, 4.69) is 50.4 Å². The summed E-state index contributed by atoms with van der Waals surface area (Å²) in [6.07, 6.45) is 3.71. The summed E-state index contributed by atoms with van der Waals surface area (Å²) in [6.45, 7) is 6.58. The maximum atomic E-state index is 4.71. The smallest absolute Gasteiger partial charge is 0.129 e. The van der Waals surface area contributed by atoms with Crippen LogP contribution in [0.25, 0.3) is 10.9 Å². The van der Waals surface area contributed by atoms with Gasteiger partial charge in [-0.25, -0.2) is 4.98 Å². The Hall–Kier alpha value is -1.57. The monoisotopic (exact) mass is 242 g/mol. The SMILES string of the molecule is CCCCC(C)Nc1nc2ccccc2cc1C. The number of pyridine rings is 1. The van der Waals surface area contributed by atoms with Gasteiger partial charge in [-0.05, 0) is 38.0 Å². The average Bonchev–Trinajstić information content (AvgIpc) is 2.37. The molecule has 2 rings (SSSR count). The highest BCUT2D eigenvalue weighted by molar-refractivity contribution is 5.81. The molecule has 1 heterocycles. The first-order chi connectivity index (χ1) is 8.70. The number of fused-ring (bicyclic) bond motifs is 1. The molecule has 0 radical (unpaired) electrons. The number of benzene rings is 1. The zero-order valence-electron chi connectivity index (χ0n) is 11.5. The number of hydrogen-bond acceptors (Lipinski definition) is 2. The van der Waals surface area contributed by atoms with Crippen molar-refractivity contribution in [1.82, 2.24) is 4.98 Å².